The van der Waals surface area contributed by atoms with Crippen LogP contribution in [0.3, 0.4) is 0 Å². The molecule has 0 bridgehead atoms. The minimum Gasteiger partial charge on any atom is -0.352 e. The molecule has 0 aromatic heterocycles. The predicted molar refractivity (Wildman–Crippen MR) is 146 cm³/mol. The molecular weight excluding hydrogens is 568 g/mol. The lowest BCUT2D eigenvalue weighted by Gasteiger charge is -2.32. The van der Waals surface area contributed by atoms with Crippen LogP contribution in [0.2, 0.25) is 20.1 Å². The highest BCUT2D eigenvalue weighted by Crippen LogP contribution is 2.35. The minimum absolute atomic E-state index is 0.00711. The van der Waals surface area contributed by atoms with E-state index in [0.29, 0.717) is 10.6 Å². The molecule has 1 fully saturated rings. The molecule has 2 aromatic rings. The summed E-state index contributed by atoms with van der Waals surface area (Å²) in [5, 5.41) is 3.72. The van der Waals surface area contributed by atoms with Gasteiger partial charge in [-0.3, -0.25) is 13.9 Å². The van der Waals surface area contributed by atoms with Gasteiger partial charge in [-0.2, -0.15) is 0 Å². The van der Waals surface area contributed by atoms with E-state index in [4.69, 9.17) is 46.4 Å². The summed E-state index contributed by atoms with van der Waals surface area (Å²) in [4.78, 5) is 28.0. The fourth-order valence-electron chi connectivity index (χ4n) is 4.10. The molecule has 0 saturated heterocycles. The molecule has 2 amide bonds. The highest BCUT2D eigenvalue weighted by Gasteiger charge is 2.32. The number of nitrogens with zero attached hydrogens (tertiary/aromatic N) is 2. The summed E-state index contributed by atoms with van der Waals surface area (Å²) < 4.78 is 26.3. The maximum Gasteiger partial charge on any atom is 0.244 e. The van der Waals surface area contributed by atoms with Crippen LogP contribution in [0.1, 0.15) is 38.2 Å². The van der Waals surface area contributed by atoms with Crippen LogP contribution < -0.4 is 9.62 Å². The van der Waals surface area contributed by atoms with E-state index in [0.717, 1.165) is 36.2 Å². The van der Waals surface area contributed by atoms with Gasteiger partial charge in [-0.05, 0) is 49.6 Å². The van der Waals surface area contributed by atoms with Gasteiger partial charge in [0.05, 0.1) is 27.0 Å². The number of carbonyl (C=O) groups excluding carboxylic acids is 2. The monoisotopic (exact) mass is 593 g/mol. The molecule has 36 heavy (non-hydrogen) atoms. The van der Waals surface area contributed by atoms with Crippen LogP contribution in [0.15, 0.2) is 36.4 Å². The highest BCUT2D eigenvalue weighted by molar-refractivity contribution is 7.92. The minimum atomic E-state index is -3.96. The zero-order valence-electron chi connectivity index (χ0n) is 19.8. The zero-order chi connectivity index (χ0) is 26.6. The Labute approximate surface area is 231 Å². The molecular formula is C24H27Cl4N3O4S. The van der Waals surface area contributed by atoms with Crippen molar-refractivity contribution >= 4 is 73.9 Å². The van der Waals surface area contributed by atoms with Crippen LogP contribution in [0.5, 0.6) is 0 Å². The van der Waals surface area contributed by atoms with E-state index in [1.54, 1.807) is 31.2 Å². The molecule has 1 aliphatic rings. The Morgan fingerprint density at radius 2 is 1.67 bits per heavy atom. The van der Waals surface area contributed by atoms with Crippen molar-refractivity contribution in [1.29, 1.82) is 0 Å². The molecule has 2 aromatic carbocycles. The maximum absolute atomic E-state index is 13.6. The average Bonchev–Trinajstić information content (AvgIpc) is 3.30. The van der Waals surface area contributed by atoms with Crippen molar-refractivity contribution in [2.24, 2.45) is 0 Å². The third-order valence-corrected chi connectivity index (χ3v) is 8.43. The maximum atomic E-state index is 13.6. The third kappa shape index (κ3) is 7.42. The lowest BCUT2D eigenvalue weighted by atomic mass is 10.1. The van der Waals surface area contributed by atoms with Crippen molar-refractivity contribution in [3.05, 3.63) is 62.1 Å². The van der Waals surface area contributed by atoms with Crippen LogP contribution in [-0.2, 0) is 26.2 Å². The Morgan fingerprint density at radius 1 is 1.03 bits per heavy atom. The zero-order valence-corrected chi connectivity index (χ0v) is 23.6. The molecule has 0 spiro atoms. The molecule has 0 heterocycles. The normalized spacial score (nSPS) is 14.9. The molecule has 1 atom stereocenters. The number of rotatable bonds is 9. The van der Waals surface area contributed by atoms with Crippen LogP contribution in [0.25, 0.3) is 0 Å². The summed E-state index contributed by atoms with van der Waals surface area (Å²) in [6.45, 7) is 1.06. The Hall–Kier alpha value is -1.71. The predicted octanol–water partition coefficient (Wildman–Crippen LogP) is 5.54. The average molecular weight is 595 g/mol. The first-order chi connectivity index (χ1) is 16.9. The fourth-order valence-corrected chi connectivity index (χ4v) is 5.86. The largest absolute Gasteiger partial charge is 0.352 e. The summed E-state index contributed by atoms with van der Waals surface area (Å²) in [5.41, 5.74) is 0.697. The van der Waals surface area contributed by atoms with Gasteiger partial charge in [-0.15, -0.1) is 0 Å². The molecule has 0 radical (unpaired) electrons. The second-order valence-corrected chi connectivity index (χ2v) is 12.4. The summed E-state index contributed by atoms with van der Waals surface area (Å²) in [6.07, 6.45) is 4.81. The Kier molecular flexibility index (Phi) is 9.80. The van der Waals surface area contributed by atoms with Gasteiger partial charge in [0.15, 0.2) is 0 Å². The van der Waals surface area contributed by atoms with E-state index in [-0.39, 0.29) is 39.2 Å². The number of benzene rings is 2. The van der Waals surface area contributed by atoms with Crippen molar-refractivity contribution in [2.75, 3.05) is 17.1 Å². The van der Waals surface area contributed by atoms with Gasteiger partial charge in [0.1, 0.15) is 12.6 Å². The van der Waals surface area contributed by atoms with E-state index >= 15 is 0 Å². The van der Waals surface area contributed by atoms with Crippen LogP contribution in [0.4, 0.5) is 5.69 Å². The number of sulfonamides is 1. The number of amides is 2. The summed E-state index contributed by atoms with van der Waals surface area (Å²) in [5.74, 6) is -0.910. The molecule has 3 rings (SSSR count). The van der Waals surface area contributed by atoms with E-state index in [1.165, 1.54) is 17.0 Å². The SMILES string of the molecule is CC(C(=O)NC1CCCC1)N(Cc1cccc(Cl)c1)C(=O)CN(c1cc(Cl)c(Cl)cc1Cl)S(C)(=O)=O. The Balaban J connectivity index is 1.93. The topological polar surface area (TPSA) is 86.8 Å². The number of carbonyl (C=O) groups is 2. The van der Waals surface area contributed by atoms with Gasteiger partial charge in [-0.25, -0.2) is 8.42 Å². The molecule has 7 nitrogen and oxygen atoms in total. The van der Waals surface area contributed by atoms with Crippen LogP contribution in [0, 0.1) is 0 Å². The fraction of sp³-hybridized carbons (Fsp3) is 0.417. The number of anilines is 1. The van der Waals surface area contributed by atoms with Crippen molar-refractivity contribution in [2.45, 2.75) is 51.2 Å². The van der Waals surface area contributed by atoms with Crippen molar-refractivity contribution in [3.8, 4) is 0 Å². The molecule has 12 heteroatoms. The summed E-state index contributed by atoms with van der Waals surface area (Å²) in [6, 6.07) is 8.69. The number of hydrogen-bond donors (Lipinski definition) is 1. The molecule has 1 aliphatic carbocycles. The molecule has 1 N–H and O–H groups in total. The van der Waals surface area contributed by atoms with Crippen LogP contribution >= 0.6 is 46.4 Å². The number of hydrogen-bond acceptors (Lipinski definition) is 4. The molecule has 0 aliphatic heterocycles. The summed E-state index contributed by atoms with van der Waals surface area (Å²) in [7, 11) is -3.96. The van der Waals surface area contributed by atoms with Gasteiger partial charge < -0.3 is 10.2 Å². The second-order valence-electron chi connectivity index (χ2n) is 8.80. The Bertz CT molecular complexity index is 1240. The Morgan fingerprint density at radius 3 is 2.28 bits per heavy atom. The van der Waals surface area contributed by atoms with E-state index in [2.05, 4.69) is 5.32 Å². The second kappa shape index (κ2) is 12.2. The lowest BCUT2D eigenvalue weighted by Crippen LogP contribution is -2.52. The first-order valence-electron chi connectivity index (χ1n) is 11.3. The smallest absolute Gasteiger partial charge is 0.244 e. The number of halogens is 4. The highest BCUT2D eigenvalue weighted by atomic mass is 35.5. The van der Waals surface area contributed by atoms with Crippen molar-refractivity contribution < 1.29 is 18.0 Å². The molecule has 196 valence electrons. The molecule has 1 saturated carbocycles. The first kappa shape index (κ1) is 28.9. The quantitative estimate of drug-likeness (QED) is 0.386. The summed E-state index contributed by atoms with van der Waals surface area (Å²) >= 11 is 24.5. The van der Waals surface area contributed by atoms with E-state index < -0.39 is 28.5 Å². The van der Waals surface area contributed by atoms with Gasteiger partial charge in [0.2, 0.25) is 21.8 Å². The standard InChI is InChI=1S/C24H27Cl4N3O4S/c1-15(24(33)29-18-8-3-4-9-18)30(13-16-6-5-7-17(25)10-16)23(32)14-31(36(2,34)35)22-12-20(27)19(26)11-21(22)28/h5-7,10-12,15,18H,3-4,8-9,13-14H2,1-2H3,(H,29,33). The lowest BCUT2D eigenvalue weighted by molar-refractivity contribution is -0.139. The van der Waals surface area contributed by atoms with Gasteiger partial charge >= 0.3 is 0 Å². The third-order valence-electron chi connectivity index (χ3n) is 6.05. The van der Waals surface area contributed by atoms with Crippen molar-refractivity contribution in [3.63, 3.8) is 0 Å². The van der Waals surface area contributed by atoms with Gasteiger partial charge in [-0.1, -0.05) is 71.4 Å². The van der Waals surface area contributed by atoms with Gasteiger partial charge in [0, 0.05) is 17.6 Å². The molecule has 1 unspecified atom stereocenters. The number of nitrogens with one attached hydrogen (secondary N) is 1. The van der Waals surface area contributed by atoms with Crippen LogP contribution in [-0.4, -0.2) is 50.0 Å². The van der Waals surface area contributed by atoms with E-state index in [1.807, 2.05) is 0 Å². The van der Waals surface area contributed by atoms with Crippen molar-refractivity contribution in [1.82, 2.24) is 10.2 Å². The van der Waals surface area contributed by atoms with E-state index in [9.17, 15) is 18.0 Å². The van der Waals surface area contributed by atoms with Gasteiger partial charge in [0.25, 0.3) is 0 Å². The first-order valence-corrected chi connectivity index (χ1v) is 14.7.